The molecule has 0 bridgehead atoms. The number of nitrogens with two attached hydrogens (primary N) is 1. The largest absolute Gasteiger partial charge is 0.378 e. The Labute approximate surface area is 128 Å². The monoisotopic (exact) mass is 314 g/mol. The molecule has 0 saturated carbocycles. The number of aromatic nitrogens is 1. The quantitative estimate of drug-likeness (QED) is 0.490. The van der Waals surface area contributed by atoms with E-state index in [9.17, 15) is 10.1 Å². The maximum atomic E-state index is 10.7. The van der Waals surface area contributed by atoms with Crippen LogP contribution in [0.15, 0.2) is 12.3 Å². The van der Waals surface area contributed by atoms with Gasteiger partial charge >= 0.3 is 0 Å². The van der Waals surface area contributed by atoms with Crippen molar-refractivity contribution in [2.45, 2.75) is 25.4 Å². The molecule has 2 N–H and O–H groups in total. The van der Waals surface area contributed by atoms with Crippen molar-refractivity contribution < 1.29 is 9.66 Å². The lowest BCUT2D eigenvalue weighted by Crippen LogP contribution is -2.37. The van der Waals surface area contributed by atoms with Crippen LogP contribution in [0.4, 0.5) is 11.5 Å². The molecular formula is C13H19ClN4O3. The van der Waals surface area contributed by atoms with Crippen LogP contribution in [0, 0.1) is 10.1 Å². The molecule has 2 rings (SSSR count). The first-order chi connectivity index (χ1) is 10.1. The minimum atomic E-state index is -0.500. The van der Waals surface area contributed by atoms with Gasteiger partial charge in [-0.1, -0.05) is 11.6 Å². The molecule has 0 radical (unpaired) electrons. The van der Waals surface area contributed by atoms with E-state index in [4.69, 9.17) is 22.1 Å². The van der Waals surface area contributed by atoms with Gasteiger partial charge in [-0.3, -0.25) is 10.1 Å². The summed E-state index contributed by atoms with van der Waals surface area (Å²) in [6.45, 7) is 2.88. The number of nitro groups is 1. The molecule has 8 heteroatoms. The highest BCUT2D eigenvalue weighted by Gasteiger charge is 2.23. The maximum Gasteiger partial charge on any atom is 0.289 e. The zero-order chi connectivity index (χ0) is 15.2. The molecule has 0 amide bonds. The minimum absolute atomic E-state index is 0.0937. The lowest BCUT2D eigenvalue weighted by molar-refractivity contribution is -0.385. The maximum absolute atomic E-state index is 10.7. The molecule has 1 aliphatic rings. The third-order valence-electron chi connectivity index (χ3n) is 3.46. The summed E-state index contributed by atoms with van der Waals surface area (Å²) < 4.78 is 5.74. The molecule has 1 aromatic rings. The van der Waals surface area contributed by atoms with E-state index in [-0.39, 0.29) is 11.8 Å². The van der Waals surface area contributed by atoms with Gasteiger partial charge in [-0.15, -0.1) is 0 Å². The second kappa shape index (κ2) is 7.53. The molecule has 21 heavy (non-hydrogen) atoms. The van der Waals surface area contributed by atoms with E-state index in [0.29, 0.717) is 24.0 Å². The van der Waals surface area contributed by atoms with Crippen LogP contribution in [0.25, 0.3) is 0 Å². The van der Waals surface area contributed by atoms with Crippen molar-refractivity contribution in [3.63, 3.8) is 0 Å². The fourth-order valence-electron chi connectivity index (χ4n) is 2.32. The van der Waals surface area contributed by atoms with Crippen LogP contribution in [0.3, 0.4) is 0 Å². The first kappa shape index (κ1) is 15.9. The highest BCUT2D eigenvalue weighted by Crippen LogP contribution is 2.29. The van der Waals surface area contributed by atoms with Gasteiger partial charge in [0.05, 0.1) is 16.0 Å². The van der Waals surface area contributed by atoms with Gasteiger partial charge in [0.15, 0.2) is 0 Å². The van der Waals surface area contributed by atoms with Crippen LogP contribution >= 0.6 is 11.6 Å². The van der Waals surface area contributed by atoms with Gasteiger partial charge in [-0.25, -0.2) is 4.98 Å². The number of ether oxygens (including phenoxy) is 1. The van der Waals surface area contributed by atoms with Crippen molar-refractivity contribution in [3.05, 3.63) is 27.4 Å². The smallest absolute Gasteiger partial charge is 0.289 e. The number of halogens is 1. The highest BCUT2D eigenvalue weighted by atomic mass is 35.5. The van der Waals surface area contributed by atoms with Gasteiger partial charge < -0.3 is 15.4 Å². The predicted octanol–water partition coefficient (Wildman–Crippen LogP) is 1.98. The minimum Gasteiger partial charge on any atom is -0.378 e. The SMILES string of the molecule is NCCCOC1CCN(c2ncc([N+](=O)[O-])cc2Cl)CC1. The molecule has 0 aromatic carbocycles. The van der Waals surface area contributed by atoms with Crippen LogP contribution in [-0.2, 0) is 4.74 Å². The van der Waals surface area contributed by atoms with Crippen LogP contribution in [0.2, 0.25) is 5.02 Å². The number of pyridine rings is 1. The Morgan fingerprint density at radius 2 is 2.24 bits per heavy atom. The summed E-state index contributed by atoms with van der Waals surface area (Å²) in [5.74, 6) is 0.600. The fraction of sp³-hybridized carbons (Fsp3) is 0.615. The Balaban J connectivity index is 1.91. The Morgan fingerprint density at radius 1 is 1.52 bits per heavy atom. The summed E-state index contributed by atoms with van der Waals surface area (Å²) >= 11 is 6.09. The Kier molecular flexibility index (Phi) is 5.72. The number of nitrogens with zero attached hydrogens (tertiary/aromatic N) is 3. The molecular weight excluding hydrogens is 296 g/mol. The third-order valence-corrected chi connectivity index (χ3v) is 3.74. The third kappa shape index (κ3) is 4.26. The van der Waals surface area contributed by atoms with Crippen molar-refractivity contribution in [2.24, 2.45) is 5.73 Å². The van der Waals surface area contributed by atoms with Gasteiger partial charge in [0.1, 0.15) is 12.0 Å². The molecule has 116 valence electrons. The molecule has 7 nitrogen and oxygen atoms in total. The molecule has 0 aliphatic carbocycles. The van der Waals surface area contributed by atoms with Gasteiger partial charge in [-0.2, -0.15) is 0 Å². The summed E-state index contributed by atoms with van der Waals surface area (Å²) in [6, 6.07) is 1.34. The summed E-state index contributed by atoms with van der Waals surface area (Å²) in [5.41, 5.74) is 5.34. The van der Waals surface area contributed by atoms with Crippen molar-refractivity contribution >= 4 is 23.1 Å². The van der Waals surface area contributed by atoms with E-state index in [1.165, 1.54) is 12.3 Å². The summed E-state index contributed by atoms with van der Waals surface area (Å²) in [4.78, 5) is 16.3. The van der Waals surface area contributed by atoms with E-state index < -0.39 is 4.92 Å². The predicted molar refractivity (Wildman–Crippen MR) is 80.8 cm³/mol. The summed E-state index contributed by atoms with van der Waals surface area (Å²) in [6.07, 6.45) is 4.13. The number of piperidine rings is 1. The average molecular weight is 315 g/mol. The van der Waals surface area contributed by atoms with Crippen LogP contribution in [0.1, 0.15) is 19.3 Å². The molecule has 0 atom stereocenters. The summed E-state index contributed by atoms with van der Waals surface area (Å²) in [5, 5.41) is 11.0. The lowest BCUT2D eigenvalue weighted by atomic mass is 10.1. The van der Waals surface area contributed by atoms with Crippen LogP contribution < -0.4 is 10.6 Å². The summed E-state index contributed by atoms with van der Waals surface area (Å²) in [7, 11) is 0. The van der Waals surface area contributed by atoms with Crippen LogP contribution in [0.5, 0.6) is 0 Å². The Hall–Kier alpha value is -1.44. The van der Waals surface area contributed by atoms with Crippen LogP contribution in [-0.4, -0.2) is 42.3 Å². The number of hydrogen-bond donors (Lipinski definition) is 1. The topological polar surface area (TPSA) is 94.5 Å². The normalized spacial score (nSPS) is 16.2. The lowest BCUT2D eigenvalue weighted by Gasteiger charge is -2.33. The van der Waals surface area contributed by atoms with Crippen molar-refractivity contribution in [1.82, 2.24) is 4.98 Å². The van der Waals surface area contributed by atoms with Gasteiger partial charge in [0, 0.05) is 25.8 Å². The number of rotatable bonds is 6. The Bertz CT molecular complexity index is 492. The zero-order valence-corrected chi connectivity index (χ0v) is 12.5. The first-order valence-electron chi connectivity index (χ1n) is 6.98. The van der Waals surface area contributed by atoms with Gasteiger partial charge in [0.2, 0.25) is 0 Å². The van der Waals surface area contributed by atoms with E-state index >= 15 is 0 Å². The molecule has 1 aromatic heterocycles. The van der Waals surface area contributed by atoms with Crippen molar-refractivity contribution in [2.75, 3.05) is 31.1 Å². The fourth-order valence-corrected chi connectivity index (χ4v) is 2.60. The standard InChI is InChI=1S/C13H19ClN4O3/c14-12-8-10(18(19)20)9-16-13(12)17-5-2-11(3-6-17)21-7-1-4-15/h8-9,11H,1-7,15H2. The second-order valence-electron chi connectivity index (χ2n) is 4.96. The van der Waals surface area contributed by atoms with Crippen molar-refractivity contribution in [3.8, 4) is 0 Å². The van der Waals surface area contributed by atoms with E-state index in [1.54, 1.807) is 0 Å². The zero-order valence-electron chi connectivity index (χ0n) is 11.7. The molecule has 2 heterocycles. The molecule has 0 spiro atoms. The van der Waals surface area contributed by atoms with E-state index in [2.05, 4.69) is 4.98 Å². The second-order valence-corrected chi connectivity index (χ2v) is 5.36. The van der Waals surface area contributed by atoms with E-state index in [0.717, 1.165) is 32.4 Å². The molecule has 1 fully saturated rings. The molecule has 1 saturated heterocycles. The average Bonchev–Trinajstić information content (AvgIpc) is 2.48. The number of hydrogen-bond acceptors (Lipinski definition) is 6. The van der Waals surface area contributed by atoms with E-state index in [1.807, 2.05) is 4.90 Å². The van der Waals surface area contributed by atoms with Gasteiger partial charge in [-0.05, 0) is 25.8 Å². The first-order valence-corrected chi connectivity index (χ1v) is 7.36. The molecule has 0 unspecified atom stereocenters. The molecule has 1 aliphatic heterocycles. The van der Waals surface area contributed by atoms with Gasteiger partial charge in [0.25, 0.3) is 5.69 Å². The number of anilines is 1. The highest BCUT2D eigenvalue weighted by molar-refractivity contribution is 6.33. The Morgan fingerprint density at radius 3 is 2.81 bits per heavy atom. The van der Waals surface area contributed by atoms with Crippen molar-refractivity contribution in [1.29, 1.82) is 0 Å².